The summed E-state index contributed by atoms with van der Waals surface area (Å²) in [7, 11) is 0.224. The number of rotatable bonds is 8. The lowest BCUT2D eigenvalue weighted by Crippen LogP contribution is -2.62. The molecule has 208 valence electrons. The van der Waals surface area contributed by atoms with Gasteiger partial charge in [0.2, 0.25) is 0 Å². The highest BCUT2D eigenvalue weighted by Gasteiger charge is 2.43. The Labute approximate surface area is 225 Å². The van der Waals surface area contributed by atoms with Crippen molar-refractivity contribution in [3.8, 4) is 23.0 Å². The summed E-state index contributed by atoms with van der Waals surface area (Å²) in [6.45, 7) is 24.2. The quantitative estimate of drug-likeness (QED) is 0.375. The maximum absolute atomic E-state index is 6.34. The Morgan fingerprint density at radius 1 is 0.432 bits per heavy atom. The molecule has 0 atom stereocenters. The molecule has 0 aliphatic carbocycles. The molecule has 2 aromatic rings. The van der Waals surface area contributed by atoms with E-state index in [2.05, 4.69) is 0 Å². The molecule has 0 heterocycles. The van der Waals surface area contributed by atoms with Gasteiger partial charge in [-0.3, -0.25) is 0 Å². The third kappa shape index (κ3) is 8.94. The number of benzene rings is 2. The van der Waals surface area contributed by atoms with E-state index in [-0.39, 0.29) is 11.2 Å². The lowest BCUT2D eigenvalue weighted by molar-refractivity contribution is 0.0957. The summed E-state index contributed by atoms with van der Waals surface area (Å²) >= 11 is 0. The molecule has 0 N–H and O–H groups in total. The first-order valence-corrected chi connectivity index (χ1v) is 14.7. The van der Waals surface area contributed by atoms with Gasteiger partial charge >= 0.3 is 8.56 Å². The molecular formula is C30H48O6Si. The first kappa shape index (κ1) is 31.0. The van der Waals surface area contributed by atoms with Gasteiger partial charge in [0.1, 0.15) is 22.4 Å². The zero-order valence-corrected chi connectivity index (χ0v) is 26.4. The molecule has 0 aromatic heterocycles. The maximum Gasteiger partial charge on any atom is 0.406 e. The highest BCUT2D eigenvalue weighted by molar-refractivity contribution is 6.92. The van der Waals surface area contributed by atoms with Crippen LogP contribution in [0, 0.1) is 0 Å². The summed E-state index contributed by atoms with van der Waals surface area (Å²) in [5, 5.41) is 1.79. The predicted octanol–water partition coefficient (Wildman–Crippen LogP) is 6.25. The average Bonchev–Trinajstić information content (AvgIpc) is 2.68. The van der Waals surface area contributed by atoms with Gasteiger partial charge in [-0.25, -0.2) is 0 Å². The highest BCUT2D eigenvalue weighted by Crippen LogP contribution is 2.35. The van der Waals surface area contributed by atoms with E-state index < -0.39 is 19.8 Å². The van der Waals surface area contributed by atoms with Gasteiger partial charge in [0.05, 0.1) is 0 Å². The van der Waals surface area contributed by atoms with E-state index in [0.29, 0.717) is 23.0 Å². The van der Waals surface area contributed by atoms with Crippen molar-refractivity contribution >= 4 is 18.9 Å². The molecule has 6 nitrogen and oxygen atoms in total. The topological polar surface area (TPSA) is 55.4 Å². The van der Waals surface area contributed by atoms with Crippen molar-refractivity contribution in [1.29, 1.82) is 0 Å². The molecule has 37 heavy (non-hydrogen) atoms. The van der Waals surface area contributed by atoms with E-state index in [4.69, 9.17) is 27.8 Å². The summed E-state index contributed by atoms with van der Waals surface area (Å²) in [5.74, 6) is 2.63. The molecule has 0 aliphatic rings. The van der Waals surface area contributed by atoms with Gasteiger partial charge in [0.15, 0.2) is 23.0 Å². The Bertz CT molecular complexity index is 966. The molecule has 0 unspecified atom stereocenters. The molecule has 7 heteroatoms. The van der Waals surface area contributed by atoms with Gasteiger partial charge in [-0.05, 0) is 107 Å². The molecule has 0 spiro atoms. The van der Waals surface area contributed by atoms with Crippen LogP contribution in [0.3, 0.4) is 0 Å². The molecule has 0 aliphatic heterocycles. The van der Waals surface area contributed by atoms with Crippen LogP contribution in [0.2, 0.25) is 0 Å². The van der Waals surface area contributed by atoms with Crippen molar-refractivity contribution in [3.05, 3.63) is 36.4 Å². The molecular weight excluding hydrogens is 484 g/mol. The van der Waals surface area contributed by atoms with E-state index in [9.17, 15) is 0 Å². The lowest BCUT2D eigenvalue weighted by atomic mass is 10.1. The van der Waals surface area contributed by atoms with Gasteiger partial charge in [-0.2, -0.15) is 0 Å². The van der Waals surface area contributed by atoms with E-state index >= 15 is 0 Å². The van der Waals surface area contributed by atoms with E-state index in [1.54, 1.807) is 14.2 Å². The second-order valence-corrected chi connectivity index (χ2v) is 16.4. The molecule has 0 amide bonds. The van der Waals surface area contributed by atoms with Crippen LogP contribution >= 0.6 is 0 Å². The molecule has 0 radical (unpaired) electrons. The minimum atomic E-state index is -3.14. The first-order valence-electron chi connectivity index (χ1n) is 12.8. The summed E-state index contributed by atoms with van der Waals surface area (Å²) in [5.41, 5.74) is -1.59. The molecule has 2 rings (SSSR count). The summed E-state index contributed by atoms with van der Waals surface area (Å²) in [6.07, 6.45) is 0. The molecule has 0 saturated heterocycles. The van der Waals surface area contributed by atoms with Crippen molar-refractivity contribution in [2.24, 2.45) is 0 Å². The van der Waals surface area contributed by atoms with E-state index in [1.165, 1.54) is 0 Å². The number of ether oxygens (including phenoxy) is 4. The SMILES string of the molecule is CO[Si](OC)(c1ccc(OC(C)(C)C)c(OC(C)(C)C)c1)c1ccc(OC(C)(C)C)c(OC(C)(C)C)c1. The predicted molar refractivity (Wildman–Crippen MR) is 153 cm³/mol. The zero-order valence-electron chi connectivity index (χ0n) is 25.4. The molecule has 0 fully saturated rings. The lowest BCUT2D eigenvalue weighted by Gasteiger charge is -2.32. The minimum Gasteiger partial charge on any atom is -0.484 e. The molecule has 0 saturated carbocycles. The van der Waals surface area contributed by atoms with Gasteiger partial charge in [-0.15, -0.1) is 0 Å². The van der Waals surface area contributed by atoms with Crippen LogP contribution in [0.5, 0.6) is 23.0 Å². The van der Waals surface area contributed by atoms with Crippen LogP contribution in [0.25, 0.3) is 0 Å². The fourth-order valence-corrected chi connectivity index (χ4v) is 6.49. The van der Waals surface area contributed by atoms with Crippen molar-refractivity contribution in [2.45, 2.75) is 105 Å². The Balaban J connectivity index is 2.72. The third-order valence-corrected chi connectivity index (χ3v) is 8.18. The standard InChI is InChI=1S/C30H48O6Si/c1-27(2,3)33-23-17-15-21(19-25(23)35-29(7,8)9)37(31-13,32-14)22-16-18-24(34-28(4,5)6)26(20-22)36-30(10,11)12/h15-20H,1-14H3. The van der Waals surface area contributed by atoms with Crippen molar-refractivity contribution in [2.75, 3.05) is 14.2 Å². The van der Waals surface area contributed by atoms with Crippen molar-refractivity contribution in [3.63, 3.8) is 0 Å². The van der Waals surface area contributed by atoms with Crippen molar-refractivity contribution in [1.82, 2.24) is 0 Å². The second-order valence-electron chi connectivity index (χ2n) is 13.2. The Morgan fingerprint density at radius 3 is 0.946 bits per heavy atom. The first-order chi connectivity index (χ1) is 16.7. The van der Waals surface area contributed by atoms with Gasteiger partial charge in [0, 0.05) is 24.6 Å². The van der Waals surface area contributed by atoms with Crippen LogP contribution in [-0.2, 0) is 8.85 Å². The third-order valence-electron chi connectivity index (χ3n) is 4.89. The minimum absolute atomic E-state index is 0.378. The Morgan fingerprint density at radius 2 is 0.703 bits per heavy atom. The van der Waals surface area contributed by atoms with Crippen LogP contribution in [0.4, 0.5) is 0 Å². The summed E-state index contributed by atoms with van der Waals surface area (Å²) in [4.78, 5) is 0. The van der Waals surface area contributed by atoms with Crippen LogP contribution < -0.4 is 29.3 Å². The smallest absolute Gasteiger partial charge is 0.406 e. The van der Waals surface area contributed by atoms with Crippen LogP contribution in [0.15, 0.2) is 36.4 Å². The van der Waals surface area contributed by atoms with Gasteiger partial charge in [-0.1, -0.05) is 12.1 Å². The molecule has 2 aromatic carbocycles. The summed E-state index contributed by atoms with van der Waals surface area (Å²) in [6, 6.07) is 11.8. The van der Waals surface area contributed by atoms with Gasteiger partial charge in [0.25, 0.3) is 0 Å². The van der Waals surface area contributed by atoms with Crippen LogP contribution in [0.1, 0.15) is 83.1 Å². The molecule has 0 bridgehead atoms. The zero-order chi connectivity index (χ0) is 28.4. The van der Waals surface area contributed by atoms with E-state index in [1.807, 2.05) is 119 Å². The maximum atomic E-state index is 6.34. The monoisotopic (exact) mass is 532 g/mol. The Hall–Kier alpha value is -2.22. The largest absolute Gasteiger partial charge is 0.484 e. The fourth-order valence-electron chi connectivity index (χ4n) is 3.79. The van der Waals surface area contributed by atoms with Gasteiger partial charge < -0.3 is 27.8 Å². The number of hydrogen-bond acceptors (Lipinski definition) is 6. The summed E-state index contributed by atoms with van der Waals surface area (Å²) < 4.78 is 37.6. The fraction of sp³-hybridized carbons (Fsp3) is 0.600. The highest BCUT2D eigenvalue weighted by atomic mass is 28.4. The Kier molecular flexibility index (Phi) is 9.11. The normalized spacial score (nSPS) is 13.4. The van der Waals surface area contributed by atoms with E-state index in [0.717, 1.165) is 10.4 Å². The van der Waals surface area contributed by atoms with Crippen molar-refractivity contribution < 1.29 is 27.8 Å². The average molecular weight is 533 g/mol. The van der Waals surface area contributed by atoms with Crippen LogP contribution in [-0.4, -0.2) is 45.2 Å². The second kappa shape index (κ2) is 10.9. The number of hydrogen-bond donors (Lipinski definition) is 0.